The summed E-state index contributed by atoms with van der Waals surface area (Å²) in [4.78, 5) is 12.7. The summed E-state index contributed by atoms with van der Waals surface area (Å²) < 4.78 is 5.36. The molecule has 0 bridgehead atoms. The Morgan fingerprint density at radius 3 is 2.76 bits per heavy atom. The minimum absolute atomic E-state index is 0.125. The van der Waals surface area contributed by atoms with Crippen LogP contribution in [0.2, 0.25) is 5.02 Å². The highest BCUT2D eigenvalue weighted by Crippen LogP contribution is 2.49. The molecular weight excluding hydrogens is 334 g/mol. The van der Waals surface area contributed by atoms with Crippen LogP contribution in [0.4, 0.5) is 0 Å². The Kier molecular flexibility index (Phi) is 4.97. The number of nitrogens with one attached hydrogen (secondary N) is 1. The number of benzene rings is 1. The number of dihydropyridines is 1. The fourth-order valence-corrected chi connectivity index (χ4v) is 4.21. The standard InChI is InChI=1S/C21H26ClNO2/c1-5-25-20(24)18-13(2)23-17-12-21(3,4)11-10-15(17)19(18)14-8-6-7-9-16(14)22/h6-9,19,23H,5,10-12H2,1-4H3. The summed E-state index contributed by atoms with van der Waals surface area (Å²) in [7, 11) is 0. The lowest BCUT2D eigenvalue weighted by Crippen LogP contribution is -2.34. The van der Waals surface area contributed by atoms with E-state index in [1.807, 2.05) is 38.1 Å². The number of rotatable bonds is 3. The van der Waals surface area contributed by atoms with Crippen molar-refractivity contribution in [3.8, 4) is 0 Å². The van der Waals surface area contributed by atoms with Crippen molar-refractivity contribution in [3.05, 3.63) is 57.4 Å². The van der Waals surface area contributed by atoms with Crippen LogP contribution >= 0.6 is 11.6 Å². The first-order chi connectivity index (χ1) is 11.8. The van der Waals surface area contributed by atoms with Gasteiger partial charge >= 0.3 is 5.97 Å². The molecule has 134 valence electrons. The zero-order valence-electron chi connectivity index (χ0n) is 15.4. The SMILES string of the molecule is CCOC(=O)C1=C(C)NC2=C(CCC(C)(C)C2)C1c1ccccc1Cl. The summed E-state index contributed by atoms with van der Waals surface area (Å²) >= 11 is 6.52. The second-order valence-electron chi connectivity index (χ2n) is 7.68. The molecule has 0 fully saturated rings. The molecule has 1 aromatic carbocycles. The number of carbonyl (C=O) groups excluding carboxylic acids is 1. The van der Waals surface area contributed by atoms with Crippen LogP contribution in [0.1, 0.15) is 58.4 Å². The molecular formula is C21H26ClNO2. The van der Waals surface area contributed by atoms with Gasteiger partial charge in [0.25, 0.3) is 0 Å². The molecule has 1 atom stereocenters. The highest BCUT2D eigenvalue weighted by molar-refractivity contribution is 6.31. The van der Waals surface area contributed by atoms with Crippen LogP contribution in [-0.2, 0) is 9.53 Å². The molecule has 3 rings (SSSR count). The van der Waals surface area contributed by atoms with E-state index in [0.717, 1.165) is 30.5 Å². The molecule has 1 aromatic rings. The van der Waals surface area contributed by atoms with Crippen molar-refractivity contribution >= 4 is 17.6 Å². The third kappa shape index (κ3) is 3.48. The molecule has 25 heavy (non-hydrogen) atoms. The van der Waals surface area contributed by atoms with Gasteiger partial charge in [-0.2, -0.15) is 0 Å². The molecule has 1 aliphatic carbocycles. The fraction of sp³-hybridized carbons (Fsp3) is 0.476. The average molecular weight is 360 g/mol. The van der Waals surface area contributed by atoms with Crippen molar-refractivity contribution in [2.24, 2.45) is 5.41 Å². The number of hydrogen-bond acceptors (Lipinski definition) is 3. The maximum absolute atomic E-state index is 12.7. The van der Waals surface area contributed by atoms with Crippen molar-refractivity contribution in [1.82, 2.24) is 5.32 Å². The van der Waals surface area contributed by atoms with E-state index in [9.17, 15) is 4.79 Å². The number of halogens is 1. The molecule has 0 radical (unpaired) electrons. The largest absolute Gasteiger partial charge is 0.463 e. The predicted molar refractivity (Wildman–Crippen MR) is 101 cm³/mol. The van der Waals surface area contributed by atoms with Crippen molar-refractivity contribution in [2.75, 3.05) is 6.61 Å². The average Bonchev–Trinajstić information content (AvgIpc) is 2.53. The Balaban J connectivity index is 2.14. The van der Waals surface area contributed by atoms with Crippen LogP contribution in [0.15, 0.2) is 46.8 Å². The van der Waals surface area contributed by atoms with E-state index in [4.69, 9.17) is 16.3 Å². The highest BCUT2D eigenvalue weighted by Gasteiger charge is 2.39. The molecule has 2 aliphatic rings. The molecule has 1 N–H and O–H groups in total. The number of carbonyl (C=O) groups is 1. The summed E-state index contributed by atoms with van der Waals surface area (Å²) in [6, 6.07) is 7.82. The minimum atomic E-state index is -0.256. The van der Waals surface area contributed by atoms with Crippen molar-refractivity contribution in [2.45, 2.75) is 52.9 Å². The second-order valence-corrected chi connectivity index (χ2v) is 8.09. The van der Waals surface area contributed by atoms with Gasteiger partial charge in [0.05, 0.1) is 12.2 Å². The normalized spacial score (nSPS) is 22.4. The molecule has 0 aromatic heterocycles. The summed E-state index contributed by atoms with van der Waals surface area (Å²) in [6.07, 6.45) is 3.04. The lowest BCUT2D eigenvalue weighted by atomic mass is 9.69. The third-order valence-electron chi connectivity index (χ3n) is 5.21. The number of allylic oxidation sites excluding steroid dienone is 3. The van der Waals surface area contributed by atoms with Gasteiger partial charge in [-0.25, -0.2) is 4.79 Å². The first-order valence-corrected chi connectivity index (χ1v) is 9.33. The molecule has 0 saturated heterocycles. The van der Waals surface area contributed by atoms with Gasteiger partial charge in [0.1, 0.15) is 0 Å². The Bertz CT molecular complexity index is 761. The Morgan fingerprint density at radius 2 is 2.08 bits per heavy atom. The molecule has 1 aliphatic heterocycles. The van der Waals surface area contributed by atoms with E-state index in [0.29, 0.717) is 17.2 Å². The van der Waals surface area contributed by atoms with Crippen molar-refractivity contribution < 1.29 is 9.53 Å². The van der Waals surface area contributed by atoms with Gasteiger partial charge in [-0.1, -0.05) is 43.6 Å². The first kappa shape index (κ1) is 18.1. The fourth-order valence-electron chi connectivity index (χ4n) is 3.96. The monoisotopic (exact) mass is 359 g/mol. The van der Waals surface area contributed by atoms with Gasteiger partial charge in [-0.05, 0) is 55.7 Å². The predicted octanol–water partition coefficient (Wildman–Crippen LogP) is 5.33. The zero-order chi connectivity index (χ0) is 18.2. The zero-order valence-corrected chi connectivity index (χ0v) is 16.2. The van der Waals surface area contributed by atoms with Crippen molar-refractivity contribution in [1.29, 1.82) is 0 Å². The Morgan fingerprint density at radius 1 is 1.36 bits per heavy atom. The maximum atomic E-state index is 12.7. The molecule has 1 heterocycles. The van der Waals surface area contributed by atoms with Crippen LogP contribution in [0.5, 0.6) is 0 Å². The van der Waals surface area contributed by atoms with E-state index in [2.05, 4.69) is 19.2 Å². The Hall–Kier alpha value is -1.74. The summed E-state index contributed by atoms with van der Waals surface area (Å²) in [6.45, 7) is 8.75. The van der Waals surface area contributed by atoms with E-state index < -0.39 is 0 Å². The van der Waals surface area contributed by atoms with Crippen LogP contribution in [0, 0.1) is 5.41 Å². The quantitative estimate of drug-likeness (QED) is 0.741. The lowest BCUT2D eigenvalue weighted by Gasteiger charge is -2.40. The highest BCUT2D eigenvalue weighted by atomic mass is 35.5. The van der Waals surface area contributed by atoms with E-state index >= 15 is 0 Å². The molecule has 4 heteroatoms. The lowest BCUT2D eigenvalue weighted by molar-refractivity contribution is -0.138. The second kappa shape index (κ2) is 6.87. The molecule has 1 unspecified atom stereocenters. The van der Waals surface area contributed by atoms with Gasteiger partial charge in [0.2, 0.25) is 0 Å². The van der Waals surface area contributed by atoms with Gasteiger partial charge < -0.3 is 10.1 Å². The number of hydrogen-bond donors (Lipinski definition) is 1. The molecule has 0 saturated carbocycles. The summed E-state index contributed by atoms with van der Waals surface area (Å²) in [5.74, 6) is -0.381. The first-order valence-electron chi connectivity index (χ1n) is 8.95. The van der Waals surface area contributed by atoms with Crippen LogP contribution < -0.4 is 5.32 Å². The minimum Gasteiger partial charge on any atom is -0.463 e. The van der Waals surface area contributed by atoms with E-state index in [1.54, 1.807) is 0 Å². The van der Waals surface area contributed by atoms with E-state index in [1.165, 1.54) is 11.3 Å². The molecule has 0 spiro atoms. The van der Waals surface area contributed by atoms with Gasteiger partial charge in [-0.3, -0.25) is 0 Å². The molecule has 0 amide bonds. The van der Waals surface area contributed by atoms with Gasteiger partial charge in [-0.15, -0.1) is 0 Å². The van der Waals surface area contributed by atoms with Gasteiger partial charge in [0, 0.05) is 22.3 Å². The Labute approximate surface area is 155 Å². The number of ether oxygens (including phenoxy) is 1. The maximum Gasteiger partial charge on any atom is 0.336 e. The van der Waals surface area contributed by atoms with Crippen LogP contribution in [0.3, 0.4) is 0 Å². The number of esters is 1. The van der Waals surface area contributed by atoms with Crippen molar-refractivity contribution in [3.63, 3.8) is 0 Å². The topological polar surface area (TPSA) is 38.3 Å². The third-order valence-corrected chi connectivity index (χ3v) is 5.55. The smallest absolute Gasteiger partial charge is 0.336 e. The van der Waals surface area contributed by atoms with Gasteiger partial charge in [0.15, 0.2) is 0 Å². The van der Waals surface area contributed by atoms with Crippen LogP contribution in [-0.4, -0.2) is 12.6 Å². The molecule has 3 nitrogen and oxygen atoms in total. The summed E-state index contributed by atoms with van der Waals surface area (Å²) in [5.41, 5.74) is 5.33. The summed E-state index contributed by atoms with van der Waals surface area (Å²) in [5, 5.41) is 4.19. The van der Waals surface area contributed by atoms with Crippen LogP contribution in [0.25, 0.3) is 0 Å². The van der Waals surface area contributed by atoms with E-state index in [-0.39, 0.29) is 17.3 Å².